The normalized spacial score (nSPS) is 13.5. The van der Waals surface area contributed by atoms with Gasteiger partial charge < -0.3 is 4.57 Å². The predicted octanol–water partition coefficient (Wildman–Crippen LogP) is 2.58. The van der Waals surface area contributed by atoms with Crippen LogP contribution in [0.25, 0.3) is 0 Å². The lowest BCUT2D eigenvalue weighted by molar-refractivity contribution is 0.737. The van der Waals surface area contributed by atoms with E-state index in [1.165, 1.54) is 11.3 Å². The zero-order valence-corrected chi connectivity index (χ0v) is 9.07. The van der Waals surface area contributed by atoms with Gasteiger partial charge in [-0.2, -0.15) is 0 Å². The molecule has 1 aliphatic heterocycles. The Bertz CT molecular complexity index is 334. The molecule has 1 aromatic rings. The van der Waals surface area contributed by atoms with Gasteiger partial charge in [-0.05, 0) is 26.3 Å². The highest BCUT2D eigenvalue weighted by Gasteiger charge is 1.88. The van der Waals surface area contributed by atoms with Crippen LogP contribution in [-0.4, -0.2) is 15.8 Å². The minimum Gasteiger partial charge on any atom is -0.335 e. The van der Waals surface area contributed by atoms with Crippen LogP contribution >= 0.6 is 0 Å². The number of imidazole rings is 1. The molecular weight excluding hydrogens is 174 g/mol. The van der Waals surface area contributed by atoms with Crippen molar-refractivity contribution in [1.29, 1.82) is 0 Å². The molecule has 2 rings (SSSR count). The van der Waals surface area contributed by atoms with Crippen molar-refractivity contribution in [1.82, 2.24) is 9.55 Å². The Morgan fingerprint density at radius 2 is 2.21 bits per heavy atom. The number of hydrogen-bond acceptors (Lipinski definition) is 2. The van der Waals surface area contributed by atoms with Crippen LogP contribution in [0.1, 0.15) is 26.0 Å². The van der Waals surface area contributed by atoms with E-state index in [1.54, 1.807) is 0 Å². The highest BCUT2D eigenvalue weighted by atomic mass is 15.0. The maximum Gasteiger partial charge on any atom is 0.0947 e. The minimum atomic E-state index is 1.02. The van der Waals surface area contributed by atoms with Gasteiger partial charge in [0.25, 0.3) is 0 Å². The number of rotatable bonds is 1. The summed E-state index contributed by atoms with van der Waals surface area (Å²) in [6, 6.07) is 0. The molecule has 1 aliphatic rings. The minimum absolute atomic E-state index is 1.02. The first kappa shape index (κ1) is 10.7. The van der Waals surface area contributed by atoms with Crippen molar-refractivity contribution in [3.8, 4) is 0 Å². The fourth-order valence-electron chi connectivity index (χ4n) is 1.15. The van der Waals surface area contributed by atoms with Crippen molar-refractivity contribution in [3.05, 3.63) is 30.0 Å². The molecule has 3 nitrogen and oxygen atoms in total. The molecule has 76 valence electrons. The van der Waals surface area contributed by atoms with Gasteiger partial charge >= 0.3 is 0 Å². The average Bonchev–Trinajstić information content (AvgIpc) is 2.77. The van der Waals surface area contributed by atoms with Crippen LogP contribution in [0.15, 0.2) is 29.3 Å². The Morgan fingerprint density at radius 3 is 2.43 bits per heavy atom. The van der Waals surface area contributed by atoms with Crippen molar-refractivity contribution in [2.24, 2.45) is 4.99 Å². The van der Waals surface area contributed by atoms with Gasteiger partial charge in [0.2, 0.25) is 0 Å². The zero-order chi connectivity index (χ0) is 10.4. The molecule has 0 aromatic carbocycles. The molecule has 0 saturated carbocycles. The first-order valence-corrected chi connectivity index (χ1v) is 4.88. The molecule has 2 heterocycles. The van der Waals surface area contributed by atoms with Crippen LogP contribution in [0.3, 0.4) is 0 Å². The van der Waals surface area contributed by atoms with E-state index in [1.807, 2.05) is 24.9 Å². The Balaban J connectivity index is 0.000000146. The van der Waals surface area contributed by atoms with Crippen LogP contribution in [0, 0.1) is 6.92 Å². The summed E-state index contributed by atoms with van der Waals surface area (Å²) in [6.07, 6.45) is 8.56. The van der Waals surface area contributed by atoms with Crippen molar-refractivity contribution in [3.63, 3.8) is 0 Å². The van der Waals surface area contributed by atoms with Gasteiger partial charge in [0.1, 0.15) is 0 Å². The Morgan fingerprint density at radius 1 is 1.43 bits per heavy atom. The fourth-order valence-corrected chi connectivity index (χ4v) is 1.15. The second kappa shape index (κ2) is 5.37. The van der Waals surface area contributed by atoms with E-state index in [-0.39, 0.29) is 0 Å². The van der Waals surface area contributed by atoms with E-state index in [9.17, 15) is 0 Å². The van der Waals surface area contributed by atoms with Crippen LogP contribution in [0.2, 0.25) is 0 Å². The summed E-state index contributed by atoms with van der Waals surface area (Å²) in [4.78, 5) is 7.83. The zero-order valence-electron chi connectivity index (χ0n) is 9.07. The molecule has 0 unspecified atom stereocenters. The average molecular weight is 191 g/mol. The largest absolute Gasteiger partial charge is 0.335 e. The van der Waals surface area contributed by atoms with Crippen LogP contribution in [0.5, 0.6) is 0 Å². The summed E-state index contributed by atoms with van der Waals surface area (Å²) in [5, 5.41) is 0. The molecule has 0 spiro atoms. The van der Waals surface area contributed by atoms with Gasteiger partial charge in [0.05, 0.1) is 6.33 Å². The Labute approximate surface area is 85.2 Å². The summed E-state index contributed by atoms with van der Waals surface area (Å²) >= 11 is 0. The van der Waals surface area contributed by atoms with Gasteiger partial charge in [-0.25, -0.2) is 4.98 Å². The Hall–Kier alpha value is -1.38. The molecule has 0 N–H and O–H groups in total. The lowest BCUT2D eigenvalue weighted by atomic mass is 10.3. The number of aromatic nitrogens is 2. The van der Waals surface area contributed by atoms with E-state index in [2.05, 4.69) is 35.3 Å². The maximum atomic E-state index is 3.96. The second-order valence-electron chi connectivity index (χ2n) is 3.33. The number of aryl methyl sites for hydroxylation is 2. The number of aliphatic imine (C=N–C) groups is 1. The third-order valence-corrected chi connectivity index (χ3v) is 2.07. The van der Waals surface area contributed by atoms with Crippen molar-refractivity contribution in [2.75, 3.05) is 0 Å². The van der Waals surface area contributed by atoms with Crippen LogP contribution in [0.4, 0.5) is 0 Å². The molecule has 0 aliphatic carbocycles. The van der Waals surface area contributed by atoms with Gasteiger partial charge in [0, 0.05) is 37.3 Å². The number of nitrogens with zero attached hydrogens (tertiary/aromatic N) is 3. The van der Waals surface area contributed by atoms with Crippen molar-refractivity contribution < 1.29 is 0 Å². The van der Waals surface area contributed by atoms with E-state index in [0.717, 1.165) is 13.0 Å². The molecule has 0 bridgehead atoms. The molecule has 0 fully saturated rings. The van der Waals surface area contributed by atoms with Gasteiger partial charge in [0.15, 0.2) is 0 Å². The lowest BCUT2D eigenvalue weighted by Crippen LogP contribution is -1.92. The van der Waals surface area contributed by atoms with Crippen LogP contribution < -0.4 is 0 Å². The fraction of sp³-hybridized carbons (Fsp3) is 0.455. The summed E-state index contributed by atoms with van der Waals surface area (Å²) in [6.45, 7) is 7.25. The smallest absolute Gasteiger partial charge is 0.0947 e. The predicted molar refractivity (Wildman–Crippen MR) is 59.5 cm³/mol. The molecule has 0 saturated heterocycles. The van der Waals surface area contributed by atoms with Crippen molar-refractivity contribution >= 4 is 6.21 Å². The first-order valence-electron chi connectivity index (χ1n) is 4.88. The quantitative estimate of drug-likeness (QED) is 0.671. The summed E-state index contributed by atoms with van der Waals surface area (Å²) in [5.41, 5.74) is 2.59. The lowest BCUT2D eigenvalue weighted by Gasteiger charge is -1.95. The summed E-state index contributed by atoms with van der Waals surface area (Å²) in [7, 11) is 0. The van der Waals surface area contributed by atoms with Gasteiger partial charge in [-0.3, -0.25) is 4.99 Å². The molecule has 3 heteroatoms. The topological polar surface area (TPSA) is 30.2 Å². The monoisotopic (exact) mass is 191 g/mol. The molecular formula is C11H17N3. The third kappa shape index (κ3) is 3.17. The first-order chi connectivity index (χ1) is 6.74. The molecule has 0 atom stereocenters. The van der Waals surface area contributed by atoms with E-state index >= 15 is 0 Å². The van der Waals surface area contributed by atoms with E-state index in [0.29, 0.717) is 0 Å². The molecule has 1 aromatic heterocycles. The van der Waals surface area contributed by atoms with Crippen LogP contribution in [-0.2, 0) is 6.54 Å². The summed E-state index contributed by atoms with van der Waals surface area (Å²) in [5.74, 6) is 0. The molecule has 14 heavy (non-hydrogen) atoms. The number of hydrogen-bond donors (Lipinski definition) is 0. The summed E-state index contributed by atoms with van der Waals surface area (Å²) < 4.78 is 2.10. The molecule has 0 radical (unpaired) electrons. The van der Waals surface area contributed by atoms with Gasteiger partial charge in [-0.1, -0.05) is 0 Å². The van der Waals surface area contributed by atoms with E-state index < -0.39 is 0 Å². The molecule has 0 amide bonds. The Kier molecular flexibility index (Phi) is 4.11. The van der Waals surface area contributed by atoms with Gasteiger partial charge in [-0.15, -0.1) is 0 Å². The third-order valence-electron chi connectivity index (χ3n) is 2.07. The van der Waals surface area contributed by atoms with Crippen molar-refractivity contribution in [2.45, 2.75) is 33.7 Å². The highest BCUT2D eigenvalue weighted by Crippen LogP contribution is 2.02. The SMILES string of the molecule is CC1=CN=CC1.CCn1cncc1C. The highest BCUT2D eigenvalue weighted by molar-refractivity contribution is 5.64. The second-order valence-corrected chi connectivity index (χ2v) is 3.33. The maximum absolute atomic E-state index is 3.96. The standard InChI is InChI=1S/C6H10N2.C5H7N/c1-3-8-5-7-4-6(8)2;1-5-2-3-6-4-5/h4-5H,3H2,1-2H3;3-4H,2H2,1H3. The van der Waals surface area contributed by atoms with E-state index in [4.69, 9.17) is 0 Å². The number of allylic oxidation sites excluding steroid dienone is 1.